The maximum absolute atomic E-state index is 6.44. The van der Waals surface area contributed by atoms with Crippen LogP contribution < -0.4 is 0 Å². The molecule has 198 valence electrons. The minimum Gasteiger partial charge on any atom is -0.379 e. The predicted octanol–water partition coefficient (Wildman–Crippen LogP) is 7.65. The molecule has 1 aliphatic heterocycles. The molecule has 0 aromatic rings. The fourth-order valence-electron chi connectivity index (χ4n) is 4.37. The van der Waals surface area contributed by atoms with Gasteiger partial charge in [0.25, 0.3) is 0 Å². The summed E-state index contributed by atoms with van der Waals surface area (Å²) in [6.45, 7) is 13.8. The topological polar surface area (TPSA) is 46.2 Å². The highest BCUT2D eigenvalue weighted by molar-refractivity contribution is 4.77. The molecule has 1 fully saturated rings. The molecule has 0 aromatic carbocycles. The summed E-state index contributed by atoms with van der Waals surface area (Å²) in [5.74, 6) is 0.270. The van der Waals surface area contributed by atoms with E-state index in [1.165, 1.54) is 64.2 Å². The molecule has 0 aliphatic carbocycles. The Kier molecular flexibility index (Phi) is 16.9. The number of unbranched alkanes of at least 4 members (excludes halogenated alkanes) is 9. The SMILES string of the molecule is CCCOC(OC(CCCCCCCCCCCCC(C)C)C(C)OC)C1COC(C)(C)O1. The molecule has 4 atom stereocenters. The largest absolute Gasteiger partial charge is 0.379 e. The maximum atomic E-state index is 6.44. The Morgan fingerprint density at radius 2 is 1.39 bits per heavy atom. The third kappa shape index (κ3) is 14.7. The van der Waals surface area contributed by atoms with Crippen molar-refractivity contribution in [2.24, 2.45) is 5.92 Å². The Morgan fingerprint density at radius 1 is 0.848 bits per heavy atom. The normalized spacial score (nSPS) is 20.9. The number of rotatable bonds is 21. The van der Waals surface area contributed by atoms with Gasteiger partial charge >= 0.3 is 0 Å². The van der Waals surface area contributed by atoms with Crippen LogP contribution in [-0.4, -0.2) is 50.7 Å². The molecule has 0 radical (unpaired) electrons. The molecular weight excluding hydrogens is 416 g/mol. The van der Waals surface area contributed by atoms with E-state index >= 15 is 0 Å². The van der Waals surface area contributed by atoms with Crippen LogP contribution in [0.25, 0.3) is 0 Å². The lowest BCUT2D eigenvalue weighted by molar-refractivity contribution is -0.247. The van der Waals surface area contributed by atoms with E-state index in [4.69, 9.17) is 23.7 Å². The van der Waals surface area contributed by atoms with Crippen molar-refractivity contribution in [2.75, 3.05) is 20.3 Å². The highest BCUT2D eigenvalue weighted by Crippen LogP contribution is 2.28. The molecule has 4 unspecified atom stereocenters. The van der Waals surface area contributed by atoms with Gasteiger partial charge in [-0.1, -0.05) is 91.4 Å². The third-order valence-electron chi connectivity index (χ3n) is 6.54. The fraction of sp³-hybridized carbons (Fsp3) is 1.00. The van der Waals surface area contributed by atoms with Crippen molar-refractivity contribution in [1.82, 2.24) is 0 Å². The molecule has 33 heavy (non-hydrogen) atoms. The Morgan fingerprint density at radius 3 is 1.85 bits per heavy atom. The lowest BCUT2D eigenvalue weighted by Gasteiger charge is -2.31. The van der Waals surface area contributed by atoms with Gasteiger partial charge in [-0.25, -0.2) is 0 Å². The molecule has 5 heteroatoms. The molecule has 0 amide bonds. The minimum atomic E-state index is -0.585. The molecule has 0 bridgehead atoms. The van der Waals surface area contributed by atoms with Gasteiger partial charge in [0, 0.05) is 13.7 Å². The van der Waals surface area contributed by atoms with Gasteiger partial charge in [0.2, 0.25) is 0 Å². The zero-order chi connectivity index (χ0) is 24.5. The summed E-state index contributed by atoms with van der Waals surface area (Å²) < 4.78 is 29.9. The van der Waals surface area contributed by atoms with Crippen molar-refractivity contribution in [1.29, 1.82) is 0 Å². The molecule has 0 aromatic heterocycles. The van der Waals surface area contributed by atoms with Crippen LogP contribution in [0.1, 0.15) is 125 Å². The summed E-state index contributed by atoms with van der Waals surface area (Å²) in [7, 11) is 1.75. The molecule has 1 rings (SSSR count). The zero-order valence-electron chi connectivity index (χ0n) is 23.0. The average molecular weight is 473 g/mol. The van der Waals surface area contributed by atoms with Gasteiger partial charge < -0.3 is 23.7 Å². The van der Waals surface area contributed by atoms with Crippen molar-refractivity contribution in [2.45, 2.75) is 155 Å². The molecule has 0 spiro atoms. The summed E-state index contributed by atoms with van der Waals surface area (Å²) in [4.78, 5) is 0. The fourth-order valence-corrected chi connectivity index (χ4v) is 4.37. The smallest absolute Gasteiger partial charge is 0.186 e. The van der Waals surface area contributed by atoms with Gasteiger partial charge in [0.15, 0.2) is 12.1 Å². The highest BCUT2D eigenvalue weighted by Gasteiger charge is 2.40. The Bertz CT molecular complexity index is 454. The predicted molar refractivity (Wildman–Crippen MR) is 137 cm³/mol. The van der Waals surface area contributed by atoms with Crippen LogP contribution >= 0.6 is 0 Å². The Labute approximate surface area is 205 Å². The maximum Gasteiger partial charge on any atom is 0.186 e. The van der Waals surface area contributed by atoms with E-state index in [0.717, 1.165) is 25.2 Å². The van der Waals surface area contributed by atoms with Crippen molar-refractivity contribution < 1.29 is 23.7 Å². The molecule has 1 heterocycles. The van der Waals surface area contributed by atoms with Crippen molar-refractivity contribution >= 4 is 0 Å². The van der Waals surface area contributed by atoms with E-state index in [1.54, 1.807) is 7.11 Å². The molecule has 0 N–H and O–H groups in total. The van der Waals surface area contributed by atoms with Crippen LogP contribution in [-0.2, 0) is 23.7 Å². The van der Waals surface area contributed by atoms with E-state index in [2.05, 4.69) is 27.7 Å². The Hall–Kier alpha value is -0.200. The van der Waals surface area contributed by atoms with Crippen LogP contribution in [0, 0.1) is 5.92 Å². The lowest BCUT2D eigenvalue weighted by Crippen LogP contribution is -2.41. The summed E-state index contributed by atoms with van der Waals surface area (Å²) in [6, 6.07) is 0. The summed E-state index contributed by atoms with van der Waals surface area (Å²) in [5, 5.41) is 0. The van der Waals surface area contributed by atoms with Crippen LogP contribution in [0.15, 0.2) is 0 Å². The summed E-state index contributed by atoms with van der Waals surface area (Å²) in [5.41, 5.74) is 0. The van der Waals surface area contributed by atoms with E-state index in [1.807, 2.05) is 13.8 Å². The van der Waals surface area contributed by atoms with Gasteiger partial charge in [0.1, 0.15) is 6.10 Å². The Balaban J connectivity index is 2.26. The van der Waals surface area contributed by atoms with Crippen molar-refractivity contribution in [3.8, 4) is 0 Å². The highest BCUT2D eigenvalue weighted by atomic mass is 16.8. The first kappa shape index (κ1) is 30.8. The van der Waals surface area contributed by atoms with Crippen LogP contribution in [0.5, 0.6) is 0 Å². The molecular formula is C28H56O5. The molecule has 1 saturated heterocycles. The van der Waals surface area contributed by atoms with Gasteiger partial charge in [-0.3, -0.25) is 0 Å². The first-order valence-electron chi connectivity index (χ1n) is 13.9. The van der Waals surface area contributed by atoms with Gasteiger partial charge in [-0.15, -0.1) is 0 Å². The van der Waals surface area contributed by atoms with E-state index in [0.29, 0.717) is 13.2 Å². The standard InChI is InChI=1S/C28H56O5/c1-8-21-30-27(26-22-31-28(5,6)33-26)32-25(24(4)29-7)20-18-16-14-12-10-9-11-13-15-17-19-23(2)3/h23-27H,8-22H2,1-7H3. The number of methoxy groups -OCH3 is 1. The molecule has 1 aliphatic rings. The van der Waals surface area contributed by atoms with Gasteiger partial charge in [-0.05, 0) is 39.5 Å². The van der Waals surface area contributed by atoms with E-state index in [9.17, 15) is 0 Å². The van der Waals surface area contributed by atoms with Crippen LogP contribution in [0.2, 0.25) is 0 Å². The quantitative estimate of drug-likeness (QED) is 0.127. The first-order valence-corrected chi connectivity index (χ1v) is 13.9. The van der Waals surface area contributed by atoms with Crippen molar-refractivity contribution in [3.05, 3.63) is 0 Å². The zero-order valence-corrected chi connectivity index (χ0v) is 23.0. The number of hydrogen-bond donors (Lipinski definition) is 0. The molecule has 5 nitrogen and oxygen atoms in total. The first-order chi connectivity index (χ1) is 15.8. The van der Waals surface area contributed by atoms with Gasteiger partial charge in [0.05, 0.1) is 18.8 Å². The second-order valence-corrected chi connectivity index (χ2v) is 10.7. The summed E-state index contributed by atoms with van der Waals surface area (Å²) in [6.07, 6.45) is 16.2. The molecule has 0 saturated carbocycles. The minimum absolute atomic E-state index is 0.00462. The van der Waals surface area contributed by atoms with E-state index < -0.39 is 12.1 Å². The monoisotopic (exact) mass is 472 g/mol. The van der Waals surface area contributed by atoms with Gasteiger partial charge in [-0.2, -0.15) is 0 Å². The second-order valence-electron chi connectivity index (χ2n) is 10.7. The average Bonchev–Trinajstić information content (AvgIpc) is 3.14. The van der Waals surface area contributed by atoms with E-state index in [-0.39, 0.29) is 18.3 Å². The third-order valence-corrected chi connectivity index (χ3v) is 6.54. The lowest BCUT2D eigenvalue weighted by atomic mass is 10.0. The van der Waals surface area contributed by atoms with Crippen LogP contribution in [0.3, 0.4) is 0 Å². The number of hydrogen-bond acceptors (Lipinski definition) is 5. The van der Waals surface area contributed by atoms with Crippen LogP contribution in [0.4, 0.5) is 0 Å². The second kappa shape index (κ2) is 18.1. The number of ether oxygens (including phenoxy) is 5. The summed E-state index contributed by atoms with van der Waals surface area (Å²) >= 11 is 0. The van der Waals surface area contributed by atoms with Crippen molar-refractivity contribution in [3.63, 3.8) is 0 Å².